The van der Waals surface area contributed by atoms with E-state index in [-0.39, 0.29) is 17.9 Å². The number of nitrogens with one attached hydrogen (secondary N) is 1. The number of hydrogen-bond acceptors (Lipinski definition) is 2. The summed E-state index contributed by atoms with van der Waals surface area (Å²) >= 11 is 0. The van der Waals surface area contributed by atoms with E-state index in [0.29, 0.717) is 36.9 Å². The molecule has 150 valence electrons. The highest BCUT2D eigenvalue weighted by Crippen LogP contribution is 2.32. The van der Waals surface area contributed by atoms with Crippen molar-refractivity contribution in [2.24, 2.45) is 11.8 Å². The lowest BCUT2D eigenvalue weighted by Gasteiger charge is -2.34. The molecule has 2 heterocycles. The van der Waals surface area contributed by atoms with Gasteiger partial charge in [0.25, 0.3) is 5.91 Å². The summed E-state index contributed by atoms with van der Waals surface area (Å²) in [5, 5.41) is 1.10. The molecule has 1 aliphatic heterocycles. The molecule has 2 amide bonds. The fourth-order valence-corrected chi connectivity index (χ4v) is 4.32. The number of aromatic amines is 1. The zero-order chi connectivity index (χ0) is 20.0. The van der Waals surface area contributed by atoms with Gasteiger partial charge in [-0.3, -0.25) is 9.59 Å². The second-order valence-corrected chi connectivity index (χ2v) is 8.94. The highest BCUT2D eigenvalue weighted by molar-refractivity contribution is 5.99. The average molecular weight is 382 g/mol. The van der Waals surface area contributed by atoms with E-state index in [9.17, 15) is 9.59 Å². The molecule has 2 fully saturated rings. The fraction of sp³-hybridized carbons (Fsp3) is 0.565. The number of benzene rings is 1. The molecular formula is C23H31N3O2. The number of fused-ring (bicyclic) bond motifs is 1. The maximum Gasteiger partial charge on any atom is 0.253 e. The summed E-state index contributed by atoms with van der Waals surface area (Å²) in [6, 6.07) is 5.99. The van der Waals surface area contributed by atoms with Crippen LogP contribution in [-0.2, 0) is 4.79 Å². The number of carbonyl (C=O) groups excluding carboxylic acids is 2. The van der Waals surface area contributed by atoms with Crippen LogP contribution < -0.4 is 0 Å². The first kappa shape index (κ1) is 19.0. The summed E-state index contributed by atoms with van der Waals surface area (Å²) in [5.41, 5.74) is 4.09. The van der Waals surface area contributed by atoms with Crippen LogP contribution >= 0.6 is 0 Å². The minimum Gasteiger partial charge on any atom is -0.358 e. The predicted octanol–water partition coefficient (Wildman–Crippen LogP) is 3.89. The fourth-order valence-electron chi connectivity index (χ4n) is 4.32. The largest absolute Gasteiger partial charge is 0.358 e. The molecule has 1 saturated heterocycles. The summed E-state index contributed by atoms with van der Waals surface area (Å²) in [7, 11) is 0. The molecule has 5 heteroatoms. The predicted molar refractivity (Wildman–Crippen MR) is 111 cm³/mol. The molecule has 2 aliphatic rings. The summed E-state index contributed by atoms with van der Waals surface area (Å²) < 4.78 is 0. The van der Waals surface area contributed by atoms with Gasteiger partial charge in [-0.15, -0.1) is 0 Å². The van der Waals surface area contributed by atoms with Crippen molar-refractivity contribution in [3.8, 4) is 0 Å². The third kappa shape index (κ3) is 3.54. The Morgan fingerprint density at radius 2 is 2.00 bits per heavy atom. The Kier molecular flexibility index (Phi) is 4.94. The number of nitrogens with zero attached hydrogens (tertiary/aromatic N) is 2. The van der Waals surface area contributed by atoms with Crippen molar-refractivity contribution in [3.63, 3.8) is 0 Å². The Balaban J connectivity index is 1.59. The Morgan fingerprint density at radius 3 is 2.68 bits per heavy atom. The molecule has 0 radical (unpaired) electrons. The van der Waals surface area contributed by atoms with Gasteiger partial charge in [-0.25, -0.2) is 0 Å². The minimum atomic E-state index is 0.0341. The second-order valence-electron chi connectivity index (χ2n) is 8.94. The maximum atomic E-state index is 13.3. The van der Waals surface area contributed by atoms with Crippen molar-refractivity contribution in [3.05, 3.63) is 35.0 Å². The first-order valence-electron chi connectivity index (χ1n) is 10.5. The Labute approximate surface area is 167 Å². The minimum absolute atomic E-state index is 0.0341. The van der Waals surface area contributed by atoms with Crippen molar-refractivity contribution in [1.29, 1.82) is 0 Å². The van der Waals surface area contributed by atoms with Gasteiger partial charge in [-0.1, -0.05) is 13.8 Å². The highest BCUT2D eigenvalue weighted by atomic mass is 16.2. The first-order valence-corrected chi connectivity index (χ1v) is 10.5. The number of aryl methyl sites for hydroxylation is 2. The van der Waals surface area contributed by atoms with E-state index in [1.165, 1.54) is 18.4 Å². The normalized spacial score (nSPS) is 20.9. The Morgan fingerprint density at radius 1 is 1.25 bits per heavy atom. The van der Waals surface area contributed by atoms with E-state index >= 15 is 0 Å². The number of hydrogen-bond donors (Lipinski definition) is 1. The van der Waals surface area contributed by atoms with Gasteiger partial charge in [0.05, 0.1) is 6.04 Å². The van der Waals surface area contributed by atoms with E-state index < -0.39 is 0 Å². The molecule has 1 aromatic carbocycles. The summed E-state index contributed by atoms with van der Waals surface area (Å²) in [4.78, 5) is 33.4. The molecule has 0 unspecified atom stereocenters. The maximum absolute atomic E-state index is 13.3. The zero-order valence-electron chi connectivity index (χ0n) is 17.4. The molecule has 1 aliphatic carbocycles. The lowest BCUT2D eigenvalue weighted by Crippen LogP contribution is -2.48. The second kappa shape index (κ2) is 7.26. The number of amides is 2. The quantitative estimate of drug-likeness (QED) is 0.873. The molecule has 4 rings (SSSR count). The van der Waals surface area contributed by atoms with Gasteiger partial charge in [0.1, 0.15) is 0 Å². The molecule has 1 N–H and O–H groups in total. The van der Waals surface area contributed by atoms with Crippen LogP contribution in [0.2, 0.25) is 0 Å². The van der Waals surface area contributed by atoms with Crippen LogP contribution in [0.5, 0.6) is 0 Å². The topological polar surface area (TPSA) is 56.4 Å². The molecule has 1 aromatic heterocycles. The highest BCUT2D eigenvalue weighted by Gasteiger charge is 2.36. The van der Waals surface area contributed by atoms with Gasteiger partial charge in [0, 0.05) is 48.2 Å². The van der Waals surface area contributed by atoms with Gasteiger partial charge in [0.15, 0.2) is 0 Å². The molecule has 1 saturated carbocycles. The van der Waals surface area contributed by atoms with Crippen LogP contribution in [0.25, 0.3) is 10.9 Å². The van der Waals surface area contributed by atoms with Gasteiger partial charge < -0.3 is 14.8 Å². The molecule has 5 nitrogen and oxygen atoms in total. The number of H-pyrrole nitrogens is 1. The molecule has 28 heavy (non-hydrogen) atoms. The number of carbonyl (C=O) groups is 2. The monoisotopic (exact) mass is 381 g/mol. The standard InChI is InChI=1S/C23H31N3O2/c1-14(2)21-13-25(10-9-22(27)26(21)12-17-5-6-17)23(28)18-7-8-20-19(11-18)15(3)16(4)24-20/h7-8,11,14,17,21,24H,5-6,9-10,12-13H2,1-4H3/t21-/m1/s1. The van der Waals surface area contributed by atoms with Crippen molar-refractivity contribution >= 4 is 22.7 Å². The lowest BCUT2D eigenvalue weighted by atomic mass is 10.0. The van der Waals surface area contributed by atoms with Crippen LogP contribution in [0.3, 0.4) is 0 Å². The molecule has 0 bridgehead atoms. The van der Waals surface area contributed by atoms with E-state index in [0.717, 1.165) is 23.1 Å². The van der Waals surface area contributed by atoms with Crippen molar-refractivity contribution in [1.82, 2.24) is 14.8 Å². The SMILES string of the molecule is Cc1[nH]c2ccc(C(=O)N3CCC(=O)N(CC4CC4)[C@@H](C(C)C)C3)cc2c1C. The molecular weight excluding hydrogens is 350 g/mol. The zero-order valence-corrected chi connectivity index (χ0v) is 17.4. The van der Waals surface area contributed by atoms with E-state index in [2.05, 4.69) is 37.6 Å². The van der Waals surface area contributed by atoms with Crippen LogP contribution in [0.1, 0.15) is 54.7 Å². The van der Waals surface area contributed by atoms with Crippen LogP contribution in [0, 0.1) is 25.7 Å². The third-order valence-electron chi connectivity index (χ3n) is 6.49. The van der Waals surface area contributed by atoms with Crippen LogP contribution in [0.4, 0.5) is 0 Å². The smallest absolute Gasteiger partial charge is 0.253 e. The number of rotatable bonds is 4. The van der Waals surface area contributed by atoms with Gasteiger partial charge in [0.2, 0.25) is 5.91 Å². The van der Waals surface area contributed by atoms with Crippen molar-refractivity contribution < 1.29 is 9.59 Å². The third-order valence-corrected chi connectivity index (χ3v) is 6.49. The van der Waals surface area contributed by atoms with E-state index in [1.54, 1.807) is 0 Å². The van der Waals surface area contributed by atoms with E-state index in [4.69, 9.17) is 0 Å². The summed E-state index contributed by atoms with van der Waals surface area (Å²) in [5.74, 6) is 1.23. The van der Waals surface area contributed by atoms with Gasteiger partial charge in [-0.05, 0) is 62.3 Å². The molecule has 1 atom stereocenters. The average Bonchev–Trinajstić information content (AvgIpc) is 3.46. The van der Waals surface area contributed by atoms with Crippen molar-refractivity contribution in [2.75, 3.05) is 19.6 Å². The van der Waals surface area contributed by atoms with Crippen LogP contribution in [-0.4, -0.2) is 52.3 Å². The summed E-state index contributed by atoms with van der Waals surface area (Å²) in [6.45, 7) is 10.4. The van der Waals surface area contributed by atoms with Gasteiger partial charge in [-0.2, -0.15) is 0 Å². The van der Waals surface area contributed by atoms with E-state index in [1.807, 2.05) is 23.1 Å². The Bertz CT molecular complexity index is 910. The lowest BCUT2D eigenvalue weighted by molar-refractivity contribution is -0.133. The molecule has 2 aromatic rings. The Hall–Kier alpha value is -2.30. The number of aromatic nitrogens is 1. The van der Waals surface area contributed by atoms with Crippen molar-refractivity contribution in [2.45, 2.75) is 53.0 Å². The first-order chi connectivity index (χ1) is 13.3. The molecule has 0 spiro atoms. The summed E-state index contributed by atoms with van der Waals surface area (Å²) in [6.07, 6.45) is 2.88. The van der Waals surface area contributed by atoms with Crippen LogP contribution in [0.15, 0.2) is 18.2 Å². The van der Waals surface area contributed by atoms with Gasteiger partial charge >= 0.3 is 0 Å².